The first-order valence-electron chi connectivity index (χ1n) is 13.3. The molecule has 7 rings (SSSR count). The number of para-hydroxylation sites is 3. The SMILES string of the molecule is [2H]C([2H])([2H])c1ccnc(-n2c3[c-]c(Sc4[c-]c(N5[OH+]N(C)c6ccccc65)ccc4)ccc3c3ccccc32)c1.[Pt]. The van der Waals surface area contributed by atoms with E-state index in [-0.39, 0.29) is 26.6 Å². The molecule has 0 bridgehead atoms. The second-order valence-corrected chi connectivity index (χ2v) is 9.84. The standard InChI is InChI=1S/C31H22N4OS.Pt/c1-21-16-17-32-31(18-21)34-27-11-4-3-10-25(27)26-15-14-24(20-30(26)34)37-23-9-7-8-22(19-23)35-29-13-6-5-12-28(29)33(2)36-35;/h3-18H,1-2H3;/q-2;/p+1/i1D3;. The van der Waals surface area contributed by atoms with Gasteiger partial charge in [-0.2, -0.15) is 29.2 Å². The van der Waals surface area contributed by atoms with Crippen LogP contribution in [0.4, 0.5) is 17.1 Å². The predicted octanol–water partition coefficient (Wildman–Crippen LogP) is 7.66. The van der Waals surface area contributed by atoms with Crippen molar-refractivity contribution >= 4 is 50.6 Å². The van der Waals surface area contributed by atoms with Crippen LogP contribution < -0.4 is 10.1 Å². The molecular formula is C31H23N4OPtS-. The maximum absolute atomic E-state index is 7.88. The van der Waals surface area contributed by atoms with Crippen molar-refractivity contribution in [3.8, 4) is 5.82 Å². The number of hydrogen-bond acceptors (Lipinski definition) is 4. The van der Waals surface area contributed by atoms with Crippen molar-refractivity contribution in [1.82, 2.24) is 9.55 Å². The van der Waals surface area contributed by atoms with Crippen LogP contribution in [0.15, 0.2) is 107 Å². The van der Waals surface area contributed by atoms with Gasteiger partial charge in [-0.1, -0.05) is 35.8 Å². The monoisotopic (exact) mass is 697 g/mol. The summed E-state index contributed by atoms with van der Waals surface area (Å²) >= 11 is 1.56. The van der Waals surface area contributed by atoms with Gasteiger partial charge in [-0.15, -0.1) is 55.3 Å². The van der Waals surface area contributed by atoms with Crippen molar-refractivity contribution < 1.29 is 30.1 Å². The second kappa shape index (κ2) is 9.95. The zero-order valence-corrected chi connectivity index (χ0v) is 23.3. The number of pyridine rings is 1. The number of rotatable bonds is 4. The number of aryl methyl sites for hydroxylation is 1. The van der Waals surface area contributed by atoms with Crippen molar-refractivity contribution in [3.05, 3.63) is 115 Å². The Balaban J connectivity index is 0.00000302. The number of aromatic nitrogens is 2. The zero-order chi connectivity index (χ0) is 27.4. The molecule has 0 atom stereocenters. The first-order valence-corrected chi connectivity index (χ1v) is 12.7. The van der Waals surface area contributed by atoms with Crippen LogP contribution in [-0.2, 0) is 21.1 Å². The third-order valence-corrected chi connectivity index (χ3v) is 7.33. The van der Waals surface area contributed by atoms with E-state index in [0.717, 1.165) is 48.7 Å². The fourth-order valence-corrected chi connectivity index (χ4v) is 5.60. The van der Waals surface area contributed by atoms with Crippen LogP contribution in [0.2, 0.25) is 0 Å². The van der Waals surface area contributed by atoms with Gasteiger partial charge in [0.1, 0.15) is 17.2 Å². The molecular weight excluding hydrogens is 672 g/mol. The summed E-state index contributed by atoms with van der Waals surface area (Å²) in [6.07, 6.45) is 1.55. The Kier molecular flexibility index (Phi) is 5.60. The molecule has 4 aromatic carbocycles. The minimum atomic E-state index is -2.22. The summed E-state index contributed by atoms with van der Waals surface area (Å²) in [5.74, 6) is 0.546. The largest absolute Gasteiger partial charge is 0.319 e. The molecule has 0 fully saturated rings. The smallest absolute Gasteiger partial charge is 0.145 e. The van der Waals surface area contributed by atoms with Crippen LogP contribution in [0.5, 0.6) is 0 Å². The fraction of sp³-hybridized carbons (Fsp3) is 0.0645. The van der Waals surface area contributed by atoms with Gasteiger partial charge in [0.25, 0.3) is 0 Å². The summed E-state index contributed by atoms with van der Waals surface area (Å²) in [6.45, 7) is -2.22. The first-order chi connectivity index (χ1) is 19.4. The van der Waals surface area contributed by atoms with Crippen LogP contribution in [0.3, 0.4) is 0 Å². The van der Waals surface area contributed by atoms with Crippen molar-refractivity contribution in [2.75, 3.05) is 17.2 Å². The van der Waals surface area contributed by atoms with E-state index in [9.17, 15) is 0 Å². The molecule has 1 N–H and O–H groups in total. The van der Waals surface area contributed by atoms with Gasteiger partial charge in [0.2, 0.25) is 0 Å². The van der Waals surface area contributed by atoms with Gasteiger partial charge in [-0.25, -0.2) is 4.98 Å². The Morgan fingerprint density at radius 3 is 2.55 bits per heavy atom. The molecule has 3 heterocycles. The summed E-state index contributed by atoms with van der Waals surface area (Å²) in [5, 5.41) is 5.83. The molecule has 0 amide bonds. The van der Waals surface area contributed by atoms with Crippen molar-refractivity contribution in [2.24, 2.45) is 0 Å². The van der Waals surface area contributed by atoms with E-state index in [1.165, 1.54) is 0 Å². The van der Waals surface area contributed by atoms with Gasteiger partial charge in [0.05, 0.1) is 7.05 Å². The molecule has 5 nitrogen and oxygen atoms in total. The summed E-state index contributed by atoms with van der Waals surface area (Å²) in [5.41, 5.74) is 4.92. The second-order valence-electron chi connectivity index (χ2n) is 8.76. The molecule has 0 saturated carbocycles. The topological polar surface area (TPSA) is 37.1 Å². The maximum Gasteiger partial charge on any atom is 0.145 e. The summed E-state index contributed by atoms with van der Waals surface area (Å²) in [4.78, 5) is 11.1. The van der Waals surface area contributed by atoms with E-state index in [1.54, 1.807) is 30.1 Å². The van der Waals surface area contributed by atoms with Crippen LogP contribution >= 0.6 is 11.8 Å². The Morgan fingerprint density at radius 1 is 0.842 bits per heavy atom. The minimum Gasteiger partial charge on any atom is -0.319 e. The molecule has 6 aromatic rings. The van der Waals surface area contributed by atoms with E-state index in [4.69, 9.17) is 4.11 Å². The third kappa shape index (κ3) is 4.19. The minimum absolute atomic E-state index is 0. The Morgan fingerprint density at radius 2 is 1.66 bits per heavy atom. The zero-order valence-electron chi connectivity index (χ0n) is 23.2. The van der Waals surface area contributed by atoms with Crippen LogP contribution in [0, 0.1) is 19.0 Å². The molecule has 38 heavy (non-hydrogen) atoms. The van der Waals surface area contributed by atoms with Crippen molar-refractivity contribution in [3.63, 3.8) is 0 Å². The molecule has 0 spiro atoms. The average molecular weight is 698 g/mol. The van der Waals surface area contributed by atoms with E-state index in [2.05, 4.69) is 40.3 Å². The van der Waals surface area contributed by atoms with E-state index < -0.39 is 6.85 Å². The number of anilines is 3. The van der Waals surface area contributed by atoms with Gasteiger partial charge >= 0.3 is 0 Å². The molecule has 1 aliphatic rings. The first kappa shape index (κ1) is 21.4. The van der Waals surface area contributed by atoms with Crippen LogP contribution in [0.1, 0.15) is 9.68 Å². The van der Waals surface area contributed by atoms with E-state index >= 15 is 0 Å². The molecule has 0 saturated heterocycles. The number of nitrogens with zero attached hydrogens (tertiary/aromatic N) is 4. The molecule has 2 aromatic heterocycles. The average Bonchev–Trinajstić information content (AvgIpc) is 3.47. The summed E-state index contributed by atoms with van der Waals surface area (Å²) in [6, 6.07) is 36.6. The fourth-order valence-electron chi connectivity index (χ4n) is 4.78. The molecule has 0 radical (unpaired) electrons. The summed E-state index contributed by atoms with van der Waals surface area (Å²) < 4.78 is 25.6. The van der Waals surface area contributed by atoms with Gasteiger partial charge in [-0.05, 0) is 48.1 Å². The normalized spacial score (nSPS) is 14.2. The van der Waals surface area contributed by atoms with Crippen LogP contribution in [0.25, 0.3) is 27.6 Å². The molecule has 190 valence electrons. The predicted molar refractivity (Wildman–Crippen MR) is 150 cm³/mol. The molecule has 0 aliphatic carbocycles. The molecule has 7 heteroatoms. The number of benzene rings is 4. The Hall–Kier alpha value is -3.57. The van der Waals surface area contributed by atoms with Gasteiger partial charge in [0, 0.05) is 42.6 Å². The number of hydroxylamine groups is 1. The third-order valence-electron chi connectivity index (χ3n) is 6.41. The van der Waals surface area contributed by atoms with Crippen molar-refractivity contribution in [1.29, 1.82) is 0 Å². The van der Waals surface area contributed by atoms with E-state index in [0.29, 0.717) is 5.82 Å². The van der Waals surface area contributed by atoms with Gasteiger partial charge in [-0.3, -0.25) is 0 Å². The van der Waals surface area contributed by atoms with Gasteiger partial charge in [0.15, 0.2) is 0 Å². The Labute approximate surface area is 244 Å². The Bertz CT molecular complexity index is 1910. The van der Waals surface area contributed by atoms with Crippen LogP contribution in [-0.4, -0.2) is 21.5 Å². The maximum atomic E-state index is 7.88. The molecule has 0 unspecified atom stereocenters. The quantitative estimate of drug-likeness (QED) is 0.140. The number of hydrogen-bond donors (Lipinski definition) is 0. The van der Waals surface area contributed by atoms with E-state index in [1.807, 2.05) is 82.4 Å². The number of fused-ring (bicyclic) bond motifs is 4. The summed E-state index contributed by atoms with van der Waals surface area (Å²) in [7, 11) is 1.93. The van der Waals surface area contributed by atoms with Crippen molar-refractivity contribution in [2.45, 2.75) is 16.6 Å². The molecule has 1 aliphatic heterocycles. The van der Waals surface area contributed by atoms with Gasteiger partial charge < -0.3 is 4.57 Å².